The van der Waals surface area contributed by atoms with Crippen molar-refractivity contribution in [3.63, 3.8) is 0 Å². The van der Waals surface area contributed by atoms with E-state index in [-0.39, 0.29) is 16.9 Å². The number of ether oxygens (including phenoxy) is 1. The number of carbonyl (C=O) groups excluding carboxylic acids is 1. The Morgan fingerprint density at radius 1 is 1.09 bits per heavy atom. The minimum Gasteiger partial charge on any atom is -0.406 e. The number of rotatable bonds is 7. The van der Waals surface area contributed by atoms with E-state index >= 15 is 0 Å². The Balaban J connectivity index is 1.84. The first-order chi connectivity index (χ1) is 16.3. The fourth-order valence-corrected chi connectivity index (χ4v) is 3.11. The van der Waals surface area contributed by atoms with E-state index in [1.54, 1.807) is 0 Å². The van der Waals surface area contributed by atoms with Crippen LogP contribution in [0.5, 0.6) is 5.75 Å². The van der Waals surface area contributed by atoms with Crippen molar-refractivity contribution >= 4 is 5.91 Å². The summed E-state index contributed by atoms with van der Waals surface area (Å²) in [6.45, 7) is -0.282. The van der Waals surface area contributed by atoms with Crippen molar-refractivity contribution in [1.82, 2.24) is 15.1 Å². The van der Waals surface area contributed by atoms with Gasteiger partial charge in [0.1, 0.15) is 23.9 Å². The summed E-state index contributed by atoms with van der Waals surface area (Å²) < 4.78 is 83.7. The van der Waals surface area contributed by atoms with Crippen LogP contribution in [0.1, 0.15) is 34.6 Å². The fraction of sp³-hybridized carbons (Fsp3) is 0.227. The van der Waals surface area contributed by atoms with Crippen LogP contribution in [0, 0.1) is 5.82 Å². The monoisotopic (exact) mass is 501 g/mol. The smallest absolute Gasteiger partial charge is 0.406 e. The number of aromatic nitrogens is 2. The van der Waals surface area contributed by atoms with E-state index in [4.69, 9.17) is 5.11 Å². The maximum atomic E-state index is 14.6. The molecule has 1 amide bonds. The third kappa shape index (κ3) is 5.98. The Hall–Kier alpha value is -3.87. The average Bonchev–Trinajstić information content (AvgIpc) is 2.78. The molecule has 1 atom stereocenters. The third-order valence-electron chi connectivity index (χ3n) is 4.78. The molecule has 35 heavy (non-hydrogen) atoms. The molecule has 0 bridgehead atoms. The van der Waals surface area contributed by atoms with Crippen LogP contribution in [-0.2, 0) is 5.92 Å². The van der Waals surface area contributed by atoms with Crippen molar-refractivity contribution in [2.75, 3.05) is 6.61 Å². The summed E-state index contributed by atoms with van der Waals surface area (Å²) in [5.41, 5.74) is -2.31. The van der Waals surface area contributed by atoms with Crippen molar-refractivity contribution in [3.05, 3.63) is 87.6 Å². The topological polar surface area (TPSA) is 93.5 Å². The number of alkyl halides is 5. The Morgan fingerprint density at radius 2 is 1.74 bits per heavy atom. The number of halogens is 6. The number of hydrogen-bond donors (Lipinski definition) is 2. The second-order valence-corrected chi connectivity index (χ2v) is 7.28. The number of hydrogen-bond acceptors (Lipinski definition) is 5. The summed E-state index contributed by atoms with van der Waals surface area (Å²) in [7, 11) is 0. The van der Waals surface area contributed by atoms with Gasteiger partial charge in [-0.05, 0) is 43.3 Å². The molecule has 1 heterocycles. The van der Waals surface area contributed by atoms with Gasteiger partial charge in [-0.3, -0.25) is 9.59 Å². The van der Waals surface area contributed by atoms with Gasteiger partial charge in [-0.25, -0.2) is 4.39 Å². The molecule has 0 aliphatic carbocycles. The fourth-order valence-electron chi connectivity index (χ4n) is 3.11. The molecule has 3 aromatic rings. The number of aliphatic hydroxyl groups is 1. The third-order valence-corrected chi connectivity index (χ3v) is 4.78. The highest BCUT2D eigenvalue weighted by Gasteiger charge is 2.35. The van der Waals surface area contributed by atoms with Gasteiger partial charge in [0.25, 0.3) is 17.4 Å². The zero-order chi connectivity index (χ0) is 26.0. The molecule has 2 aromatic carbocycles. The lowest BCUT2D eigenvalue weighted by Crippen LogP contribution is -2.31. The van der Waals surface area contributed by atoms with Crippen LogP contribution in [0.15, 0.2) is 59.4 Å². The van der Waals surface area contributed by atoms with Gasteiger partial charge in [0.05, 0.1) is 17.3 Å². The Morgan fingerprint density at radius 3 is 2.34 bits per heavy atom. The molecule has 186 valence electrons. The molecule has 0 saturated heterocycles. The number of nitrogens with one attached hydrogen (secondary N) is 1. The second kappa shape index (κ2) is 9.78. The molecule has 0 radical (unpaired) electrons. The van der Waals surface area contributed by atoms with Gasteiger partial charge < -0.3 is 15.2 Å². The lowest BCUT2D eigenvalue weighted by Gasteiger charge is -2.20. The normalized spacial score (nSPS) is 12.8. The number of carbonyl (C=O) groups is 1. The number of aliphatic hydroxyl groups excluding tert-OH is 1. The van der Waals surface area contributed by atoms with E-state index in [1.807, 2.05) is 0 Å². The molecule has 1 aromatic heterocycles. The molecular formula is C22H17F6N3O4. The van der Waals surface area contributed by atoms with Crippen LogP contribution in [-0.4, -0.2) is 33.8 Å². The molecule has 13 heteroatoms. The molecule has 0 fully saturated rings. The van der Waals surface area contributed by atoms with Gasteiger partial charge in [0.2, 0.25) is 0 Å². The van der Waals surface area contributed by atoms with Crippen LogP contribution in [0.2, 0.25) is 0 Å². The van der Waals surface area contributed by atoms with Crippen LogP contribution < -0.4 is 15.6 Å². The summed E-state index contributed by atoms with van der Waals surface area (Å²) in [4.78, 5) is 24.8. The summed E-state index contributed by atoms with van der Waals surface area (Å²) in [6.07, 6.45) is -4.90. The quantitative estimate of drug-likeness (QED) is 0.480. The maximum Gasteiger partial charge on any atom is 0.573 e. The minimum atomic E-state index is -4.90. The van der Waals surface area contributed by atoms with Crippen molar-refractivity contribution in [2.45, 2.75) is 25.3 Å². The van der Waals surface area contributed by atoms with Gasteiger partial charge in [0.15, 0.2) is 0 Å². The van der Waals surface area contributed by atoms with Crippen molar-refractivity contribution in [3.8, 4) is 11.4 Å². The van der Waals surface area contributed by atoms with Crippen LogP contribution >= 0.6 is 0 Å². The molecule has 7 nitrogen and oxygen atoms in total. The van der Waals surface area contributed by atoms with E-state index in [0.717, 1.165) is 53.2 Å². The predicted octanol–water partition coefficient (Wildman–Crippen LogP) is 3.85. The first-order valence-electron chi connectivity index (χ1n) is 9.87. The minimum absolute atomic E-state index is 0.0252. The summed E-state index contributed by atoms with van der Waals surface area (Å²) in [5, 5.41) is 15.1. The Labute approximate surface area is 193 Å². The highest BCUT2D eigenvalue weighted by atomic mass is 19.4. The standard InChI is InChI=1S/C22H17F6N3O4/c1-12(15-3-2-4-16(19(15)23)21(24,25)11-32)29-20(34)17-9-10-18(33)31(30-17)13-5-7-14(8-6-13)35-22(26,27)28/h2-10,12,32H,11H2,1H3,(H,29,34)/t12-/m1/s1. The molecule has 2 N–H and O–H groups in total. The predicted molar refractivity (Wildman–Crippen MR) is 110 cm³/mol. The van der Waals surface area contributed by atoms with E-state index in [0.29, 0.717) is 0 Å². The summed E-state index contributed by atoms with van der Waals surface area (Å²) >= 11 is 0. The highest BCUT2D eigenvalue weighted by molar-refractivity contribution is 5.92. The molecule has 0 aliphatic rings. The van der Waals surface area contributed by atoms with Gasteiger partial charge in [-0.1, -0.05) is 12.1 Å². The van der Waals surface area contributed by atoms with E-state index in [9.17, 15) is 35.9 Å². The first kappa shape index (κ1) is 25.7. The second-order valence-electron chi connectivity index (χ2n) is 7.28. The first-order valence-corrected chi connectivity index (χ1v) is 9.87. The van der Waals surface area contributed by atoms with Crippen LogP contribution in [0.4, 0.5) is 26.3 Å². The molecular weight excluding hydrogens is 484 g/mol. The van der Waals surface area contributed by atoms with E-state index in [2.05, 4.69) is 15.2 Å². The lowest BCUT2D eigenvalue weighted by molar-refractivity contribution is -0.274. The molecule has 3 rings (SSSR count). The summed E-state index contributed by atoms with van der Waals surface area (Å²) in [5.74, 6) is -6.56. The van der Waals surface area contributed by atoms with E-state index in [1.165, 1.54) is 13.0 Å². The lowest BCUT2D eigenvalue weighted by atomic mass is 10.0. The SMILES string of the molecule is C[C@@H](NC(=O)c1ccc(=O)n(-c2ccc(OC(F)(F)F)cc2)n1)c1cccc(C(F)(F)CO)c1F. The van der Waals surface area contributed by atoms with Gasteiger partial charge >= 0.3 is 6.36 Å². The largest absolute Gasteiger partial charge is 0.573 e. The zero-order valence-electron chi connectivity index (χ0n) is 17.8. The van der Waals surface area contributed by atoms with E-state index < -0.39 is 53.5 Å². The van der Waals surface area contributed by atoms with Crippen LogP contribution in [0.3, 0.4) is 0 Å². The molecule has 0 aliphatic heterocycles. The molecule has 0 unspecified atom stereocenters. The Bertz CT molecular complexity index is 1280. The van der Waals surface area contributed by atoms with Crippen molar-refractivity contribution in [1.29, 1.82) is 0 Å². The molecule has 0 spiro atoms. The number of benzene rings is 2. The molecule has 0 saturated carbocycles. The average molecular weight is 501 g/mol. The summed E-state index contributed by atoms with van der Waals surface area (Å²) in [6, 6.07) is 8.19. The van der Waals surface area contributed by atoms with Crippen molar-refractivity contribution < 1.29 is 41.0 Å². The zero-order valence-corrected chi connectivity index (χ0v) is 17.8. The number of nitrogens with zero attached hydrogens (tertiary/aromatic N) is 2. The van der Waals surface area contributed by atoms with Crippen molar-refractivity contribution in [2.24, 2.45) is 0 Å². The van der Waals surface area contributed by atoms with Crippen LogP contribution in [0.25, 0.3) is 5.69 Å². The van der Waals surface area contributed by atoms with Gasteiger partial charge in [0, 0.05) is 11.6 Å². The highest BCUT2D eigenvalue weighted by Crippen LogP contribution is 2.32. The maximum absolute atomic E-state index is 14.6. The number of amides is 1. The Kier molecular flexibility index (Phi) is 7.19. The van der Waals surface area contributed by atoms with Gasteiger partial charge in [-0.2, -0.15) is 18.6 Å². The van der Waals surface area contributed by atoms with Gasteiger partial charge in [-0.15, -0.1) is 13.2 Å².